The van der Waals surface area contributed by atoms with E-state index < -0.39 is 5.82 Å². The van der Waals surface area contributed by atoms with Gasteiger partial charge in [0.2, 0.25) is 0 Å². The van der Waals surface area contributed by atoms with Crippen LogP contribution in [0.15, 0.2) is 41.3 Å². The number of carbonyl (C=O) groups excluding carboxylic acids is 1. The lowest BCUT2D eigenvalue weighted by atomic mass is 10.1. The first-order chi connectivity index (χ1) is 13.9. The molecule has 1 aliphatic rings. The highest BCUT2D eigenvalue weighted by Gasteiger charge is 2.33. The lowest BCUT2D eigenvalue weighted by Gasteiger charge is -2.14. The van der Waals surface area contributed by atoms with Gasteiger partial charge in [0.1, 0.15) is 11.9 Å². The maximum Gasteiger partial charge on any atom is 0.270 e. The molecular formula is C20H14ClFN2O3S2. The summed E-state index contributed by atoms with van der Waals surface area (Å²) in [5.74, 6) is 0.0142. The molecular weight excluding hydrogens is 435 g/mol. The van der Waals surface area contributed by atoms with Gasteiger partial charge in [-0.05, 0) is 48.9 Å². The topological polar surface area (TPSA) is 62.6 Å². The fraction of sp³-hybridized carbons (Fsp3) is 0.150. The second-order valence-electron chi connectivity index (χ2n) is 5.70. The molecule has 0 aromatic heterocycles. The smallest absolute Gasteiger partial charge is 0.270 e. The largest absolute Gasteiger partial charge is 0.490 e. The molecule has 0 bridgehead atoms. The van der Waals surface area contributed by atoms with Gasteiger partial charge >= 0.3 is 0 Å². The van der Waals surface area contributed by atoms with Crippen LogP contribution in [-0.2, 0) is 4.79 Å². The Balaban J connectivity index is 1.89. The Morgan fingerprint density at radius 1 is 1.28 bits per heavy atom. The van der Waals surface area contributed by atoms with E-state index in [1.165, 1.54) is 23.1 Å². The van der Waals surface area contributed by atoms with Gasteiger partial charge in [0.25, 0.3) is 5.91 Å². The fourth-order valence-corrected chi connectivity index (χ4v) is 4.05. The third-order valence-electron chi connectivity index (χ3n) is 3.81. The van der Waals surface area contributed by atoms with Gasteiger partial charge < -0.3 is 9.47 Å². The molecule has 1 fully saturated rings. The van der Waals surface area contributed by atoms with Crippen LogP contribution in [0.2, 0.25) is 5.02 Å². The number of thioether (sulfide) groups is 1. The molecule has 0 aliphatic carbocycles. The van der Waals surface area contributed by atoms with Crippen LogP contribution >= 0.6 is 35.6 Å². The van der Waals surface area contributed by atoms with E-state index in [1.54, 1.807) is 24.3 Å². The third kappa shape index (κ3) is 4.70. The van der Waals surface area contributed by atoms with Gasteiger partial charge in [-0.15, -0.1) is 0 Å². The molecule has 2 aromatic carbocycles. The first-order valence-corrected chi connectivity index (χ1v) is 10.0. The van der Waals surface area contributed by atoms with Crippen molar-refractivity contribution in [2.75, 3.05) is 18.1 Å². The monoisotopic (exact) mass is 448 g/mol. The van der Waals surface area contributed by atoms with Crippen molar-refractivity contribution in [3.8, 4) is 17.6 Å². The van der Waals surface area contributed by atoms with E-state index in [0.717, 1.165) is 11.8 Å². The molecule has 0 saturated carbocycles. The summed E-state index contributed by atoms with van der Waals surface area (Å²) in [4.78, 5) is 14.6. The van der Waals surface area contributed by atoms with Crippen molar-refractivity contribution >= 4 is 57.6 Å². The van der Waals surface area contributed by atoms with Crippen molar-refractivity contribution < 1.29 is 18.7 Å². The van der Waals surface area contributed by atoms with Gasteiger partial charge in [0, 0.05) is 0 Å². The summed E-state index contributed by atoms with van der Waals surface area (Å²) in [6, 6.07) is 11.0. The number of nitriles is 1. The molecule has 0 spiro atoms. The van der Waals surface area contributed by atoms with E-state index in [1.807, 2.05) is 13.0 Å². The summed E-state index contributed by atoms with van der Waals surface area (Å²) in [6.45, 7) is 2.15. The summed E-state index contributed by atoms with van der Waals surface area (Å²) < 4.78 is 24.7. The van der Waals surface area contributed by atoms with Crippen LogP contribution in [0.25, 0.3) is 6.08 Å². The molecule has 1 heterocycles. The molecule has 29 heavy (non-hydrogen) atoms. The van der Waals surface area contributed by atoms with Crippen LogP contribution < -0.4 is 14.4 Å². The Morgan fingerprint density at radius 2 is 2.07 bits per heavy atom. The number of carbonyl (C=O) groups is 1. The second kappa shape index (κ2) is 9.27. The maximum absolute atomic E-state index is 13.4. The average Bonchev–Trinajstić information content (AvgIpc) is 2.97. The van der Waals surface area contributed by atoms with Gasteiger partial charge in [-0.3, -0.25) is 9.69 Å². The molecule has 148 valence electrons. The number of hydrogen-bond acceptors (Lipinski definition) is 6. The highest BCUT2D eigenvalue weighted by molar-refractivity contribution is 8.27. The number of ether oxygens (including phenoxy) is 2. The first-order valence-electron chi connectivity index (χ1n) is 8.44. The number of amides is 1. The van der Waals surface area contributed by atoms with E-state index in [2.05, 4.69) is 0 Å². The molecule has 1 amide bonds. The predicted octanol–water partition coefficient (Wildman–Crippen LogP) is 5.19. The van der Waals surface area contributed by atoms with Crippen molar-refractivity contribution in [2.45, 2.75) is 6.92 Å². The lowest BCUT2D eigenvalue weighted by molar-refractivity contribution is -0.113. The number of thiocarbonyl (C=S) groups is 1. The van der Waals surface area contributed by atoms with Crippen molar-refractivity contribution in [1.29, 1.82) is 5.26 Å². The van der Waals surface area contributed by atoms with Gasteiger partial charge in [-0.1, -0.05) is 41.6 Å². The van der Waals surface area contributed by atoms with Crippen LogP contribution in [0.4, 0.5) is 10.1 Å². The van der Waals surface area contributed by atoms with Gasteiger partial charge in [0.05, 0.1) is 22.2 Å². The zero-order valence-corrected chi connectivity index (χ0v) is 17.5. The van der Waals surface area contributed by atoms with E-state index >= 15 is 0 Å². The Kier molecular flexibility index (Phi) is 6.75. The quantitative estimate of drug-likeness (QED) is 0.448. The minimum atomic E-state index is -0.571. The zero-order chi connectivity index (χ0) is 21.0. The number of benzene rings is 2. The molecule has 1 aliphatic heterocycles. The van der Waals surface area contributed by atoms with Gasteiger partial charge in [-0.25, -0.2) is 4.39 Å². The van der Waals surface area contributed by atoms with Crippen LogP contribution in [-0.4, -0.2) is 23.4 Å². The van der Waals surface area contributed by atoms with Crippen molar-refractivity contribution in [1.82, 2.24) is 0 Å². The number of hydrogen-bond donors (Lipinski definition) is 0. The van der Waals surface area contributed by atoms with Crippen molar-refractivity contribution in [2.24, 2.45) is 0 Å². The summed E-state index contributed by atoms with van der Waals surface area (Å²) in [5, 5.41) is 8.60. The summed E-state index contributed by atoms with van der Waals surface area (Å²) in [6.07, 6.45) is 1.68. The number of halogens is 2. The summed E-state index contributed by atoms with van der Waals surface area (Å²) in [7, 11) is 0. The van der Waals surface area contributed by atoms with Crippen LogP contribution in [0.3, 0.4) is 0 Å². The lowest BCUT2D eigenvalue weighted by Crippen LogP contribution is -2.27. The van der Waals surface area contributed by atoms with Crippen LogP contribution in [0.5, 0.6) is 11.5 Å². The van der Waals surface area contributed by atoms with Crippen LogP contribution in [0, 0.1) is 17.1 Å². The molecule has 3 rings (SSSR count). The number of rotatable bonds is 6. The molecule has 0 unspecified atom stereocenters. The first kappa shape index (κ1) is 21.1. The van der Waals surface area contributed by atoms with E-state index in [9.17, 15) is 9.18 Å². The average molecular weight is 449 g/mol. The molecule has 0 atom stereocenters. The molecule has 2 aromatic rings. The van der Waals surface area contributed by atoms with Gasteiger partial charge in [0.15, 0.2) is 22.4 Å². The molecule has 9 heteroatoms. The van der Waals surface area contributed by atoms with Gasteiger partial charge in [-0.2, -0.15) is 5.26 Å². The second-order valence-corrected chi connectivity index (χ2v) is 7.78. The van der Waals surface area contributed by atoms with E-state index in [4.69, 9.17) is 38.6 Å². The molecule has 0 N–H and O–H groups in total. The van der Waals surface area contributed by atoms with Crippen molar-refractivity contribution in [3.05, 3.63) is 57.7 Å². The van der Waals surface area contributed by atoms with E-state index in [-0.39, 0.29) is 17.5 Å². The Morgan fingerprint density at radius 3 is 2.76 bits per heavy atom. The Labute approximate surface area is 181 Å². The Hall–Kier alpha value is -2.60. The predicted molar refractivity (Wildman–Crippen MR) is 116 cm³/mol. The summed E-state index contributed by atoms with van der Waals surface area (Å²) >= 11 is 12.3. The minimum absolute atomic E-state index is 0.0881. The summed E-state index contributed by atoms with van der Waals surface area (Å²) in [5.41, 5.74) is 1.10. The molecule has 1 saturated heterocycles. The van der Waals surface area contributed by atoms with E-state index in [0.29, 0.717) is 38.6 Å². The SMILES string of the molecule is CCOc1cc(C=C2SC(=S)N(c3ccc(F)c(Cl)c3)C2=O)ccc1OCC#N. The van der Waals surface area contributed by atoms with Crippen molar-refractivity contribution in [3.63, 3.8) is 0 Å². The number of nitrogens with zero attached hydrogens (tertiary/aromatic N) is 2. The minimum Gasteiger partial charge on any atom is -0.490 e. The van der Waals surface area contributed by atoms with Crippen LogP contribution in [0.1, 0.15) is 12.5 Å². The molecule has 0 radical (unpaired) electrons. The highest BCUT2D eigenvalue weighted by atomic mass is 35.5. The number of anilines is 1. The third-order valence-corrected chi connectivity index (χ3v) is 5.40. The standard InChI is InChI=1S/C20H14ClFN2O3S2/c1-2-26-17-9-12(3-6-16(17)27-8-7-23)10-18-19(25)24(20(28)29-18)13-4-5-15(22)14(21)11-13/h3-6,9-11H,2,8H2,1H3. The maximum atomic E-state index is 13.4. The fourth-order valence-electron chi connectivity index (χ4n) is 2.58. The normalized spacial score (nSPS) is 15.0. The zero-order valence-electron chi connectivity index (χ0n) is 15.1. The highest BCUT2D eigenvalue weighted by Crippen LogP contribution is 2.38. The molecule has 5 nitrogen and oxygen atoms in total. The Bertz CT molecular complexity index is 1050.